The van der Waals surface area contributed by atoms with E-state index in [9.17, 15) is 24.0 Å². The molecule has 6 rings (SSSR count). The first kappa shape index (κ1) is 30.7. The summed E-state index contributed by atoms with van der Waals surface area (Å²) in [5.41, 5.74) is 1.54. The first-order valence-corrected chi connectivity index (χ1v) is 14.7. The first-order valence-electron chi connectivity index (χ1n) is 14.3. The van der Waals surface area contributed by atoms with E-state index < -0.39 is 17.1 Å². The van der Waals surface area contributed by atoms with Crippen LogP contribution in [0.1, 0.15) is 27.0 Å². The normalized spacial score (nSPS) is 13.1. The van der Waals surface area contributed by atoms with Crippen LogP contribution in [0.25, 0.3) is 27.7 Å². The lowest BCUT2D eigenvalue weighted by Crippen LogP contribution is -2.40. The zero-order chi connectivity index (χ0) is 32.5. The Morgan fingerprint density at radius 3 is 2.59 bits per heavy atom. The van der Waals surface area contributed by atoms with E-state index >= 15 is 0 Å². The molecule has 1 aliphatic rings. The van der Waals surface area contributed by atoms with Crippen molar-refractivity contribution in [2.75, 3.05) is 33.4 Å². The van der Waals surface area contributed by atoms with Crippen LogP contribution in [-0.4, -0.2) is 58.3 Å². The third kappa shape index (κ3) is 5.64. The smallest absolute Gasteiger partial charge is 0.336 e. The average Bonchev–Trinajstić information content (AvgIpc) is 3.07. The maximum absolute atomic E-state index is 14.2. The summed E-state index contributed by atoms with van der Waals surface area (Å²) in [5, 5.41) is 9.86. The number of carbonyl (C=O) groups is 1. The largest absolute Gasteiger partial charge is 0.496 e. The predicted octanol–water partition coefficient (Wildman–Crippen LogP) is 4.72. The monoisotopic (exact) mass is 639 g/mol. The van der Waals surface area contributed by atoms with Gasteiger partial charge in [-0.2, -0.15) is 5.26 Å². The molecule has 46 heavy (non-hydrogen) atoms. The van der Waals surface area contributed by atoms with Crippen molar-refractivity contribution in [2.45, 2.75) is 13.5 Å². The molecule has 12 heteroatoms. The van der Waals surface area contributed by atoms with Gasteiger partial charge in [0.2, 0.25) is 0 Å². The average molecular weight is 640 g/mol. The minimum Gasteiger partial charge on any atom is -0.496 e. The lowest BCUT2D eigenvalue weighted by molar-refractivity contribution is 0.0303. The highest BCUT2D eigenvalue weighted by molar-refractivity contribution is 6.33. The van der Waals surface area contributed by atoms with E-state index in [2.05, 4.69) is 4.98 Å². The number of morpholine rings is 1. The summed E-state index contributed by atoms with van der Waals surface area (Å²) in [6.07, 6.45) is 3.01. The molecule has 3 heterocycles. The second kappa shape index (κ2) is 12.6. The number of hydrogen-bond donors (Lipinski definition) is 0. The van der Waals surface area contributed by atoms with Gasteiger partial charge in [-0.25, -0.2) is 13.8 Å². The van der Waals surface area contributed by atoms with Gasteiger partial charge in [0, 0.05) is 35.4 Å². The van der Waals surface area contributed by atoms with Crippen molar-refractivity contribution in [1.29, 1.82) is 5.26 Å². The number of pyridine rings is 1. The Kier molecular flexibility index (Phi) is 8.41. The van der Waals surface area contributed by atoms with Crippen LogP contribution in [0, 0.1) is 24.1 Å². The number of nitriles is 1. The Balaban J connectivity index is 1.61. The standard InChI is InChI=1S/C34H27ClFN5O5/c1-20-11-25(18-38-17-20)41-33(43)31-29(40(34(41)44)19-21-3-6-28(36)24(12-21)16-37)14-23(15-30(31)45-2)26-13-22(4-5-27(26)35)32(42)39-7-9-46-10-8-39/h3-6,11-15,17-18H,7-10,19H2,1-2H3. The molecule has 1 aliphatic heterocycles. The van der Waals surface area contributed by atoms with Crippen LogP contribution < -0.4 is 16.0 Å². The Morgan fingerprint density at radius 2 is 1.87 bits per heavy atom. The molecule has 0 aliphatic carbocycles. The van der Waals surface area contributed by atoms with Crippen molar-refractivity contribution in [3.8, 4) is 28.6 Å². The molecule has 0 atom stereocenters. The maximum atomic E-state index is 14.2. The van der Waals surface area contributed by atoms with Gasteiger partial charge >= 0.3 is 5.69 Å². The highest BCUT2D eigenvalue weighted by atomic mass is 35.5. The molecule has 0 spiro atoms. The molecule has 0 saturated carbocycles. The Bertz CT molecular complexity index is 2180. The third-order valence-electron chi connectivity index (χ3n) is 7.86. The minimum absolute atomic E-state index is 0.103. The van der Waals surface area contributed by atoms with Crippen LogP contribution in [0.4, 0.5) is 4.39 Å². The van der Waals surface area contributed by atoms with Crippen LogP contribution >= 0.6 is 11.6 Å². The Morgan fingerprint density at radius 1 is 1.09 bits per heavy atom. The lowest BCUT2D eigenvalue weighted by Gasteiger charge is -2.27. The number of amides is 1. The summed E-state index contributed by atoms with van der Waals surface area (Å²) in [4.78, 5) is 47.5. The third-order valence-corrected chi connectivity index (χ3v) is 8.19. The molecule has 232 valence electrons. The van der Waals surface area contributed by atoms with Gasteiger partial charge in [-0.3, -0.25) is 19.1 Å². The summed E-state index contributed by atoms with van der Waals surface area (Å²) in [5.74, 6) is -0.701. The molecule has 1 amide bonds. The molecule has 10 nitrogen and oxygen atoms in total. The van der Waals surface area contributed by atoms with E-state index in [0.717, 1.165) is 16.2 Å². The van der Waals surface area contributed by atoms with Crippen molar-refractivity contribution in [1.82, 2.24) is 19.0 Å². The fourth-order valence-corrected chi connectivity index (χ4v) is 5.80. The maximum Gasteiger partial charge on any atom is 0.336 e. The summed E-state index contributed by atoms with van der Waals surface area (Å²) < 4.78 is 27.7. The van der Waals surface area contributed by atoms with Gasteiger partial charge in [0.05, 0.1) is 49.8 Å². The first-order chi connectivity index (χ1) is 22.2. The van der Waals surface area contributed by atoms with Crippen LogP contribution in [0.3, 0.4) is 0 Å². The van der Waals surface area contributed by atoms with Crippen molar-refractivity contribution < 1.29 is 18.7 Å². The van der Waals surface area contributed by atoms with Crippen LogP contribution in [0.15, 0.2) is 76.6 Å². The fourth-order valence-electron chi connectivity index (χ4n) is 5.58. The number of rotatable bonds is 6. The molecule has 2 aromatic heterocycles. The zero-order valence-electron chi connectivity index (χ0n) is 24.9. The van der Waals surface area contributed by atoms with Crippen LogP contribution in [0.2, 0.25) is 5.02 Å². The van der Waals surface area contributed by atoms with Gasteiger partial charge in [0.1, 0.15) is 23.0 Å². The second-order valence-corrected chi connectivity index (χ2v) is 11.2. The van der Waals surface area contributed by atoms with Crippen molar-refractivity contribution in [2.24, 2.45) is 0 Å². The van der Waals surface area contributed by atoms with Gasteiger partial charge in [0.15, 0.2) is 0 Å². The highest BCUT2D eigenvalue weighted by Crippen LogP contribution is 2.35. The van der Waals surface area contributed by atoms with Crippen molar-refractivity contribution in [3.05, 3.63) is 121 Å². The van der Waals surface area contributed by atoms with Gasteiger partial charge in [0.25, 0.3) is 11.5 Å². The molecule has 1 saturated heterocycles. The number of nitrogens with zero attached hydrogens (tertiary/aromatic N) is 5. The molecule has 0 unspecified atom stereocenters. The molecule has 0 radical (unpaired) electrons. The number of hydrogen-bond acceptors (Lipinski definition) is 7. The van der Waals surface area contributed by atoms with Crippen LogP contribution in [-0.2, 0) is 11.3 Å². The molecule has 1 fully saturated rings. The summed E-state index contributed by atoms with van der Waals surface area (Å²) in [6, 6.07) is 15.7. The minimum atomic E-state index is -0.690. The number of carbonyl (C=O) groups excluding carboxylic acids is 1. The van der Waals surface area contributed by atoms with E-state index in [1.54, 1.807) is 54.4 Å². The van der Waals surface area contributed by atoms with Gasteiger partial charge in [-0.1, -0.05) is 17.7 Å². The SMILES string of the molecule is COc1cc(-c2cc(C(=O)N3CCOCC3)ccc2Cl)cc2c1c(=O)n(-c1cncc(C)c1)c(=O)n2Cc1ccc(F)c(C#N)c1. The number of methoxy groups -OCH3 is 1. The van der Waals surface area contributed by atoms with E-state index in [4.69, 9.17) is 21.1 Å². The van der Waals surface area contributed by atoms with E-state index in [0.29, 0.717) is 53.6 Å². The fraction of sp³-hybridized carbons (Fsp3) is 0.206. The molecule has 0 N–H and O–H groups in total. The van der Waals surface area contributed by atoms with E-state index in [1.165, 1.54) is 30.0 Å². The molecular formula is C34H27ClFN5O5. The second-order valence-electron chi connectivity index (χ2n) is 10.8. The number of aromatic nitrogens is 3. The van der Waals surface area contributed by atoms with Gasteiger partial charge in [-0.05, 0) is 72.1 Å². The summed E-state index contributed by atoms with van der Waals surface area (Å²) in [6.45, 7) is 3.51. The highest BCUT2D eigenvalue weighted by Gasteiger charge is 2.23. The Labute approximate surface area is 267 Å². The van der Waals surface area contributed by atoms with Crippen LogP contribution in [0.5, 0.6) is 5.75 Å². The lowest BCUT2D eigenvalue weighted by atomic mass is 10.00. The number of ether oxygens (including phenoxy) is 2. The molecule has 0 bridgehead atoms. The number of aryl methyl sites for hydroxylation is 1. The number of benzene rings is 3. The molecular weight excluding hydrogens is 613 g/mol. The Hall–Kier alpha value is -5.31. The van der Waals surface area contributed by atoms with Crippen molar-refractivity contribution in [3.63, 3.8) is 0 Å². The van der Waals surface area contributed by atoms with Crippen molar-refractivity contribution >= 4 is 28.4 Å². The summed E-state index contributed by atoms with van der Waals surface area (Å²) in [7, 11) is 1.41. The number of fused-ring (bicyclic) bond motifs is 1. The predicted molar refractivity (Wildman–Crippen MR) is 170 cm³/mol. The number of halogens is 2. The van der Waals surface area contributed by atoms with Gasteiger partial charge in [-0.15, -0.1) is 0 Å². The topological polar surface area (TPSA) is 119 Å². The van der Waals surface area contributed by atoms with E-state index in [-0.39, 0.29) is 40.4 Å². The summed E-state index contributed by atoms with van der Waals surface area (Å²) >= 11 is 6.68. The van der Waals surface area contributed by atoms with E-state index in [1.807, 2.05) is 6.07 Å². The molecule has 5 aromatic rings. The zero-order valence-corrected chi connectivity index (χ0v) is 25.7. The molecule has 3 aromatic carbocycles. The van der Waals surface area contributed by atoms with Gasteiger partial charge < -0.3 is 14.4 Å². The quantitative estimate of drug-likeness (QED) is 0.264.